The van der Waals surface area contributed by atoms with Gasteiger partial charge in [-0.25, -0.2) is 0 Å². The van der Waals surface area contributed by atoms with E-state index >= 15 is 0 Å². The zero-order valence-corrected chi connectivity index (χ0v) is 20.5. The number of aromatic nitrogens is 2. The van der Waals surface area contributed by atoms with E-state index in [4.69, 9.17) is 0 Å². The van der Waals surface area contributed by atoms with Gasteiger partial charge in [0, 0.05) is 12.1 Å². The molecule has 0 bridgehead atoms. The Balaban J connectivity index is 1.21. The summed E-state index contributed by atoms with van der Waals surface area (Å²) in [7, 11) is 0. The van der Waals surface area contributed by atoms with Crippen LogP contribution >= 0.6 is 0 Å². The fraction of sp³-hybridized carbons (Fsp3) is 0.852. The summed E-state index contributed by atoms with van der Waals surface area (Å²) >= 11 is 0. The van der Waals surface area contributed by atoms with Gasteiger partial charge < -0.3 is 5.11 Å². The first kappa shape index (κ1) is 23.1. The molecule has 0 saturated heterocycles. The quantitative estimate of drug-likeness (QED) is 0.590. The topological polar surface area (TPSA) is 55.1 Å². The second kappa shape index (κ2) is 6.89. The average Bonchev–Trinajstić information content (AvgIpc) is 3.10. The molecule has 0 aliphatic heterocycles. The Morgan fingerprint density at radius 3 is 2.59 bits per heavy atom. The number of fused-ring (bicyclic) bond motifs is 3. The van der Waals surface area contributed by atoms with E-state index in [0.29, 0.717) is 34.5 Å². The van der Waals surface area contributed by atoms with E-state index in [1.165, 1.54) is 17.5 Å². The van der Waals surface area contributed by atoms with Crippen LogP contribution in [0.5, 0.6) is 0 Å². The Morgan fingerprint density at radius 2 is 1.88 bits per heavy atom. The van der Waals surface area contributed by atoms with Gasteiger partial charge in [0.15, 0.2) is 5.78 Å². The lowest BCUT2D eigenvalue weighted by molar-refractivity contribution is -0.138. The SMILES string of the molecule is C[C@@H]1[C@]23CC[C@H]4[C@@H]5CC[C@H](C(=O)Cn6cc(C(F)(F)F)cn6)[C@@]5(C)CC[C@@H]4[C@]12CC[C@@](C)(O)C3. The number of Topliss-reactive ketones (excluding diaryl/α,β-unsaturated/α-hetero) is 1. The van der Waals surface area contributed by atoms with Crippen molar-refractivity contribution < 1.29 is 23.1 Å². The van der Waals surface area contributed by atoms with E-state index < -0.39 is 17.3 Å². The molecule has 4 nitrogen and oxygen atoms in total. The second-order valence-corrected chi connectivity index (χ2v) is 13.1. The molecule has 0 radical (unpaired) electrons. The Kier molecular flexibility index (Phi) is 4.67. The number of alkyl halides is 3. The van der Waals surface area contributed by atoms with Crippen LogP contribution in [0.1, 0.15) is 84.1 Å². The highest BCUT2D eigenvalue weighted by Crippen LogP contribution is 2.86. The van der Waals surface area contributed by atoms with Crippen LogP contribution in [0.4, 0.5) is 13.2 Å². The van der Waals surface area contributed by atoms with Gasteiger partial charge in [0.2, 0.25) is 0 Å². The van der Waals surface area contributed by atoms with Crippen molar-refractivity contribution in [1.29, 1.82) is 0 Å². The molecule has 0 spiro atoms. The molecule has 34 heavy (non-hydrogen) atoms. The van der Waals surface area contributed by atoms with Crippen LogP contribution in [0.25, 0.3) is 0 Å². The number of hydrogen-bond donors (Lipinski definition) is 1. The molecule has 188 valence electrons. The lowest BCUT2D eigenvalue weighted by Crippen LogP contribution is -2.51. The molecule has 5 aliphatic carbocycles. The van der Waals surface area contributed by atoms with E-state index in [-0.39, 0.29) is 23.7 Å². The van der Waals surface area contributed by atoms with Gasteiger partial charge in [0.1, 0.15) is 0 Å². The van der Waals surface area contributed by atoms with Crippen LogP contribution < -0.4 is 0 Å². The molecular formula is C27H37F3N2O2. The third-order valence-corrected chi connectivity index (χ3v) is 11.9. The minimum Gasteiger partial charge on any atom is -0.390 e. The summed E-state index contributed by atoms with van der Waals surface area (Å²) in [6.07, 6.45) is 6.77. The average molecular weight is 479 g/mol. The molecular weight excluding hydrogens is 441 g/mol. The monoisotopic (exact) mass is 478 g/mol. The third-order valence-electron chi connectivity index (χ3n) is 11.9. The summed E-state index contributed by atoms with van der Waals surface area (Å²) in [5, 5.41) is 14.7. The molecule has 5 fully saturated rings. The predicted molar refractivity (Wildman–Crippen MR) is 121 cm³/mol. The normalized spacial score (nSPS) is 49.6. The van der Waals surface area contributed by atoms with Crippen LogP contribution in [-0.4, -0.2) is 26.3 Å². The zero-order valence-electron chi connectivity index (χ0n) is 20.5. The van der Waals surface area contributed by atoms with Gasteiger partial charge in [-0.2, -0.15) is 18.3 Å². The summed E-state index contributed by atoms with van der Waals surface area (Å²) in [5.41, 5.74) is -0.703. The number of ketones is 1. The number of nitrogens with zero attached hydrogens (tertiary/aromatic N) is 2. The highest BCUT2D eigenvalue weighted by molar-refractivity contribution is 5.82. The molecule has 1 heterocycles. The van der Waals surface area contributed by atoms with Crippen molar-refractivity contribution in [2.24, 2.45) is 45.8 Å². The van der Waals surface area contributed by atoms with Crippen molar-refractivity contribution in [2.75, 3.05) is 0 Å². The standard InChI is InChI=1S/C27H37F3N2O2/c1-16-25-9-6-18-19-4-5-21(22(33)14-32-13-17(12-31-32)27(28,29)30)24(19,3)8-7-20(18)26(16,25)11-10-23(2,34)15-25/h12-13,16,18-21,34H,4-11,14-15H2,1-3H3/t16-,18+,19+,20+,21-,23-,24+,25-,26+/m1/s1. The van der Waals surface area contributed by atoms with Crippen molar-refractivity contribution in [3.8, 4) is 0 Å². The summed E-state index contributed by atoms with van der Waals surface area (Å²) < 4.78 is 40.0. The van der Waals surface area contributed by atoms with Gasteiger partial charge in [-0.1, -0.05) is 13.8 Å². The van der Waals surface area contributed by atoms with Gasteiger partial charge in [0.05, 0.1) is 23.9 Å². The van der Waals surface area contributed by atoms with Crippen molar-refractivity contribution in [1.82, 2.24) is 9.78 Å². The highest BCUT2D eigenvalue weighted by atomic mass is 19.4. The fourth-order valence-corrected chi connectivity index (χ4v) is 10.5. The molecule has 9 atom stereocenters. The van der Waals surface area contributed by atoms with Crippen LogP contribution in [0.15, 0.2) is 12.4 Å². The number of carbonyl (C=O) groups excluding carboxylic acids is 1. The Hall–Kier alpha value is -1.37. The Bertz CT molecular complexity index is 1020. The summed E-state index contributed by atoms with van der Waals surface area (Å²) in [4.78, 5) is 13.3. The zero-order chi connectivity index (χ0) is 24.3. The molecule has 5 aliphatic rings. The maximum Gasteiger partial charge on any atom is 0.419 e. The molecule has 0 unspecified atom stereocenters. The highest BCUT2D eigenvalue weighted by Gasteiger charge is 2.81. The van der Waals surface area contributed by atoms with Crippen molar-refractivity contribution in [3.63, 3.8) is 0 Å². The summed E-state index contributed by atoms with van der Waals surface area (Å²) in [6, 6.07) is 0. The lowest BCUT2D eigenvalue weighted by atomic mass is 9.48. The van der Waals surface area contributed by atoms with Gasteiger partial charge in [0.25, 0.3) is 0 Å². The van der Waals surface area contributed by atoms with E-state index in [9.17, 15) is 23.1 Å². The minimum atomic E-state index is -4.44. The molecule has 0 aromatic carbocycles. The molecule has 1 aromatic rings. The van der Waals surface area contributed by atoms with Gasteiger partial charge in [-0.05, 0) is 105 Å². The first-order valence-electron chi connectivity index (χ1n) is 13.2. The van der Waals surface area contributed by atoms with Crippen LogP contribution in [0.3, 0.4) is 0 Å². The predicted octanol–water partition coefficient (Wildman–Crippen LogP) is 5.88. The molecule has 6 rings (SSSR count). The maximum absolute atomic E-state index is 13.3. The summed E-state index contributed by atoms with van der Waals surface area (Å²) in [6.45, 7) is 6.66. The van der Waals surface area contributed by atoms with Gasteiger partial charge in [-0.15, -0.1) is 0 Å². The maximum atomic E-state index is 13.3. The number of halogens is 3. The number of hydrogen-bond acceptors (Lipinski definition) is 3. The van der Waals surface area contributed by atoms with E-state index in [0.717, 1.165) is 57.3 Å². The molecule has 0 amide bonds. The third kappa shape index (κ3) is 2.88. The van der Waals surface area contributed by atoms with E-state index in [2.05, 4.69) is 18.9 Å². The number of aliphatic hydroxyl groups is 1. The number of carbonyl (C=O) groups is 1. The minimum absolute atomic E-state index is 0.0390. The number of rotatable bonds is 3. The van der Waals surface area contributed by atoms with E-state index in [1.54, 1.807) is 0 Å². The fourth-order valence-electron chi connectivity index (χ4n) is 10.5. The largest absolute Gasteiger partial charge is 0.419 e. The van der Waals surface area contributed by atoms with Crippen LogP contribution in [0, 0.1) is 45.8 Å². The molecule has 1 N–H and O–H groups in total. The molecule has 7 heteroatoms. The van der Waals surface area contributed by atoms with Crippen molar-refractivity contribution >= 4 is 5.78 Å². The van der Waals surface area contributed by atoms with Crippen molar-refractivity contribution in [2.45, 2.75) is 96.9 Å². The smallest absolute Gasteiger partial charge is 0.390 e. The Morgan fingerprint density at radius 1 is 1.12 bits per heavy atom. The first-order chi connectivity index (χ1) is 15.8. The van der Waals surface area contributed by atoms with Gasteiger partial charge in [-0.3, -0.25) is 9.48 Å². The van der Waals surface area contributed by atoms with Gasteiger partial charge >= 0.3 is 6.18 Å². The first-order valence-corrected chi connectivity index (χ1v) is 13.2. The second-order valence-electron chi connectivity index (χ2n) is 13.1. The van der Waals surface area contributed by atoms with E-state index in [1.807, 2.05) is 6.92 Å². The van der Waals surface area contributed by atoms with Crippen LogP contribution in [-0.2, 0) is 17.5 Å². The van der Waals surface area contributed by atoms with Crippen LogP contribution in [0.2, 0.25) is 0 Å². The molecule has 1 aromatic heterocycles. The molecule has 5 saturated carbocycles. The van der Waals surface area contributed by atoms with Crippen molar-refractivity contribution in [3.05, 3.63) is 18.0 Å². The summed E-state index contributed by atoms with van der Waals surface area (Å²) in [5.74, 6) is 2.47. The Labute approximate surface area is 199 Å². The lowest BCUT2D eigenvalue weighted by Gasteiger charge is -2.56.